The smallest absolute Gasteiger partial charge is 0.206 e. The third-order valence-corrected chi connectivity index (χ3v) is 1.83. The van der Waals surface area contributed by atoms with Gasteiger partial charge in [-0.2, -0.15) is 0 Å². The van der Waals surface area contributed by atoms with E-state index in [4.69, 9.17) is 0 Å². The molecule has 0 bridgehead atoms. The summed E-state index contributed by atoms with van der Waals surface area (Å²) < 4.78 is 38.8. The van der Waals surface area contributed by atoms with E-state index in [1.807, 2.05) is 0 Å². The lowest BCUT2D eigenvalue weighted by atomic mass is 10.2. The molecule has 82 valence electrons. The van der Waals surface area contributed by atoms with Crippen LogP contribution in [0, 0.1) is 24.4 Å². The maximum absolute atomic E-state index is 13.3. The fourth-order valence-electron chi connectivity index (χ4n) is 1.08. The first-order chi connectivity index (χ1) is 7.58. The molecule has 16 heavy (non-hydrogen) atoms. The fourth-order valence-corrected chi connectivity index (χ4v) is 1.08. The van der Waals surface area contributed by atoms with Gasteiger partial charge in [-0.05, 0) is 13.0 Å². The van der Waals surface area contributed by atoms with Crippen LogP contribution < -0.4 is 0 Å². The average Bonchev–Trinajstić information content (AvgIpc) is 2.25. The minimum Gasteiger partial charge on any atom is -0.206 e. The minimum absolute atomic E-state index is 0.193. The molecule has 0 spiro atoms. The van der Waals surface area contributed by atoms with Gasteiger partial charge in [-0.3, -0.25) is 0 Å². The summed E-state index contributed by atoms with van der Waals surface area (Å²) >= 11 is 0. The zero-order valence-electron chi connectivity index (χ0n) is 8.08. The summed E-state index contributed by atoms with van der Waals surface area (Å²) in [5.74, 6) is -3.31. The highest BCUT2D eigenvalue weighted by molar-refractivity contribution is 5.54. The van der Waals surface area contributed by atoms with Gasteiger partial charge in [0.2, 0.25) is 5.82 Å². The highest BCUT2D eigenvalue weighted by Gasteiger charge is 2.14. The first kappa shape index (κ1) is 10.5. The van der Waals surface area contributed by atoms with E-state index >= 15 is 0 Å². The quantitative estimate of drug-likeness (QED) is 0.694. The highest BCUT2D eigenvalue weighted by Crippen LogP contribution is 2.20. The van der Waals surface area contributed by atoms with Crippen LogP contribution in [0.5, 0.6) is 0 Å². The van der Waals surface area contributed by atoms with Crippen molar-refractivity contribution < 1.29 is 13.2 Å². The van der Waals surface area contributed by atoms with E-state index in [1.54, 1.807) is 6.92 Å². The van der Waals surface area contributed by atoms with Gasteiger partial charge in [-0.1, -0.05) is 0 Å². The third-order valence-electron chi connectivity index (χ3n) is 1.83. The second kappa shape index (κ2) is 3.84. The average molecular weight is 226 g/mol. The Labute approximate surface area is 88.2 Å². The van der Waals surface area contributed by atoms with E-state index in [0.29, 0.717) is 18.0 Å². The lowest BCUT2D eigenvalue weighted by Crippen LogP contribution is -2.01. The molecule has 0 N–H and O–H groups in total. The molecule has 7 heteroatoms. The van der Waals surface area contributed by atoms with Crippen LogP contribution in [0.3, 0.4) is 0 Å². The summed E-state index contributed by atoms with van der Waals surface area (Å²) in [5, 5.41) is 14.1. The summed E-state index contributed by atoms with van der Waals surface area (Å²) in [6, 6.07) is 1.09. The predicted octanol–water partition coefficient (Wildman–Crippen LogP) is 1.66. The summed E-state index contributed by atoms with van der Waals surface area (Å²) in [6.07, 6.45) is 0. The van der Waals surface area contributed by atoms with Crippen LogP contribution >= 0.6 is 0 Å². The summed E-state index contributed by atoms with van der Waals surface area (Å²) in [4.78, 5) is 0. The Morgan fingerprint density at radius 2 is 1.38 bits per heavy atom. The summed E-state index contributed by atoms with van der Waals surface area (Å²) in [6.45, 7) is 1.55. The molecule has 1 aromatic carbocycles. The second-order valence-electron chi connectivity index (χ2n) is 3.02. The molecular weight excluding hydrogens is 221 g/mol. The van der Waals surface area contributed by atoms with Gasteiger partial charge in [-0.15, -0.1) is 20.4 Å². The number of hydrogen-bond donors (Lipinski definition) is 0. The highest BCUT2D eigenvalue weighted by atomic mass is 19.2. The SMILES string of the molecule is Cc1nnc(-c2cc(F)c(F)cc2F)nn1. The third kappa shape index (κ3) is 1.83. The van der Waals surface area contributed by atoms with Gasteiger partial charge in [-0.25, -0.2) is 13.2 Å². The minimum atomic E-state index is -1.27. The molecule has 0 aliphatic carbocycles. The van der Waals surface area contributed by atoms with Crippen molar-refractivity contribution in [3.8, 4) is 11.4 Å². The Morgan fingerprint density at radius 3 is 2.00 bits per heavy atom. The van der Waals surface area contributed by atoms with Crippen molar-refractivity contribution in [1.29, 1.82) is 0 Å². The van der Waals surface area contributed by atoms with Crippen molar-refractivity contribution in [2.75, 3.05) is 0 Å². The van der Waals surface area contributed by atoms with Crippen molar-refractivity contribution in [3.63, 3.8) is 0 Å². The van der Waals surface area contributed by atoms with Gasteiger partial charge in [0.05, 0.1) is 5.56 Å². The van der Waals surface area contributed by atoms with E-state index < -0.39 is 17.5 Å². The topological polar surface area (TPSA) is 51.6 Å². The lowest BCUT2D eigenvalue weighted by Gasteiger charge is -2.01. The number of rotatable bonds is 1. The fraction of sp³-hybridized carbons (Fsp3) is 0.111. The van der Waals surface area contributed by atoms with Gasteiger partial charge in [0, 0.05) is 6.07 Å². The van der Waals surface area contributed by atoms with Crippen molar-refractivity contribution in [2.24, 2.45) is 0 Å². The van der Waals surface area contributed by atoms with Crippen LogP contribution in [0.1, 0.15) is 5.82 Å². The molecular formula is C9H5F3N4. The van der Waals surface area contributed by atoms with Gasteiger partial charge in [0.25, 0.3) is 0 Å². The van der Waals surface area contributed by atoms with Crippen LogP contribution in [-0.4, -0.2) is 20.4 Å². The van der Waals surface area contributed by atoms with Crippen LogP contribution in [-0.2, 0) is 0 Å². The molecule has 0 saturated carbocycles. The van der Waals surface area contributed by atoms with Gasteiger partial charge >= 0.3 is 0 Å². The van der Waals surface area contributed by atoms with Gasteiger partial charge in [0.15, 0.2) is 17.5 Å². The maximum atomic E-state index is 13.3. The van der Waals surface area contributed by atoms with E-state index in [-0.39, 0.29) is 11.4 Å². The van der Waals surface area contributed by atoms with Gasteiger partial charge in [0.1, 0.15) is 5.82 Å². The van der Waals surface area contributed by atoms with Crippen molar-refractivity contribution in [2.45, 2.75) is 6.92 Å². The predicted molar refractivity (Wildman–Crippen MR) is 47.7 cm³/mol. The molecule has 0 radical (unpaired) electrons. The molecule has 4 nitrogen and oxygen atoms in total. The van der Waals surface area contributed by atoms with Crippen LogP contribution in [0.2, 0.25) is 0 Å². The molecule has 0 aliphatic rings. The zero-order valence-corrected chi connectivity index (χ0v) is 8.08. The maximum Gasteiger partial charge on any atom is 0.206 e. The molecule has 2 rings (SSSR count). The second-order valence-corrected chi connectivity index (χ2v) is 3.02. The van der Waals surface area contributed by atoms with E-state index in [9.17, 15) is 13.2 Å². The monoisotopic (exact) mass is 226 g/mol. The normalized spacial score (nSPS) is 10.5. The summed E-state index contributed by atoms with van der Waals surface area (Å²) in [5.41, 5.74) is -0.279. The Kier molecular flexibility index (Phi) is 2.51. The number of nitrogens with zero attached hydrogens (tertiary/aromatic N) is 4. The standard InChI is InChI=1S/C9H5F3N4/c1-4-13-15-9(16-14-4)5-2-7(11)8(12)3-6(5)10/h2-3H,1H3. The molecule has 2 aromatic rings. The van der Waals surface area contributed by atoms with Crippen LogP contribution in [0.15, 0.2) is 12.1 Å². The number of hydrogen-bond acceptors (Lipinski definition) is 4. The molecule has 0 aliphatic heterocycles. The van der Waals surface area contributed by atoms with E-state index in [2.05, 4.69) is 20.4 Å². The van der Waals surface area contributed by atoms with Gasteiger partial charge < -0.3 is 0 Å². The first-order valence-electron chi connectivity index (χ1n) is 4.27. The van der Waals surface area contributed by atoms with E-state index in [1.165, 1.54) is 0 Å². The number of halogens is 3. The Balaban J connectivity index is 2.56. The molecule has 1 aromatic heterocycles. The molecule has 1 heterocycles. The largest absolute Gasteiger partial charge is 0.206 e. The molecule has 0 atom stereocenters. The number of benzene rings is 1. The van der Waals surface area contributed by atoms with Crippen LogP contribution in [0.25, 0.3) is 11.4 Å². The Hall–Kier alpha value is -2.05. The Bertz CT molecular complexity index is 527. The van der Waals surface area contributed by atoms with E-state index in [0.717, 1.165) is 0 Å². The van der Waals surface area contributed by atoms with Crippen molar-refractivity contribution in [1.82, 2.24) is 20.4 Å². The lowest BCUT2D eigenvalue weighted by molar-refractivity contribution is 0.495. The molecule has 0 saturated heterocycles. The molecule has 0 unspecified atom stereocenters. The number of aryl methyl sites for hydroxylation is 1. The molecule has 0 fully saturated rings. The first-order valence-corrected chi connectivity index (χ1v) is 4.27. The molecule has 0 amide bonds. The Morgan fingerprint density at radius 1 is 0.812 bits per heavy atom. The summed E-state index contributed by atoms with van der Waals surface area (Å²) in [7, 11) is 0. The van der Waals surface area contributed by atoms with Crippen molar-refractivity contribution >= 4 is 0 Å². The van der Waals surface area contributed by atoms with Crippen LogP contribution in [0.4, 0.5) is 13.2 Å². The van der Waals surface area contributed by atoms with Crippen molar-refractivity contribution in [3.05, 3.63) is 35.4 Å². The zero-order chi connectivity index (χ0) is 11.7. The number of aromatic nitrogens is 4.